The van der Waals surface area contributed by atoms with Crippen molar-refractivity contribution < 1.29 is 27.1 Å². The minimum atomic E-state index is -4.55. The molecule has 1 amide bonds. The van der Waals surface area contributed by atoms with E-state index in [1.807, 2.05) is 12.1 Å². The molecule has 1 atom stereocenters. The number of nitrogens with zero attached hydrogens (tertiary/aromatic N) is 1. The van der Waals surface area contributed by atoms with Crippen molar-refractivity contribution in [2.75, 3.05) is 5.32 Å². The third-order valence-electron chi connectivity index (χ3n) is 7.28. The highest BCUT2D eigenvalue weighted by Gasteiger charge is 2.45. The summed E-state index contributed by atoms with van der Waals surface area (Å²) >= 11 is 1.22. The van der Waals surface area contributed by atoms with Crippen LogP contribution in [-0.2, 0) is 11.0 Å². The van der Waals surface area contributed by atoms with Gasteiger partial charge in [0, 0.05) is 33.4 Å². The van der Waals surface area contributed by atoms with Crippen molar-refractivity contribution in [3.8, 4) is 22.8 Å². The van der Waals surface area contributed by atoms with Gasteiger partial charge in [0.2, 0.25) is 5.91 Å². The zero-order valence-corrected chi connectivity index (χ0v) is 22.2. The molecule has 0 fully saturated rings. The summed E-state index contributed by atoms with van der Waals surface area (Å²) < 4.78 is 61.2. The number of hydrogen-bond donors (Lipinski definition) is 1. The summed E-state index contributed by atoms with van der Waals surface area (Å²) in [5, 5.41) is 6.13. The smallest absolute Gasteiger partial charge is 0.416 e. The molecule has 0 saturated carbocycles. The average molecular weight is 563 g/mol. The van der Waals surface area contributed by atoms with Gasteiger partial charge in [0.05, 0.1) is 16.7 Å². The molecule has 2 heterocycles. The lowest BCUT2D eigenvalue weighted by Crippen LogP contribution is -2.38. The van der Waals surface area contributed by atoms with Gasteiger partial charge in [-0.05, 0) is 41.8 Å². The first kappa shape index (κ1) is 26.0. The number of para-hydroxylation sites is 1. The Hall–Kier alpha value is -4.24. The Balaban J connectivity index is 1.36. The van der Waals surface area contributed by atoms with Crippen molar-refractivity contribution in [1.29, 1.82) is 0 Å². The lowest BCUT2D eigenvalue weighted by atomic mass is 9.69. The lowest BCUT2D eigenvalue weighted by Gasteiger charge is -2.38. The lowest BCUT2D eigenvalue weighted by molar-refractivity contribution is -0.137. The molecule has 4 aromatic carbocycles. The van der Waals surface area contributed by atoms with Crippen LogP contribution in [-0.4, -0.2) is 10.9 Å². The maximum absolute atomic E-state index is 14.3. The summed E-state index contributed by atoms with van der Waals surface area (Å²) in [6, 6.07) is 20.5. The molecule has 4 nitrogen and oxygen atoms in total. The zero-order chi connectivity index (χ0) is 28.2. The van der Waals surface area contributed by atoms with Crippen molar-refractivity contribution in [2.45, 2.75) is 25.9 Å². The van der Waals surface area contributed by atoms with Crippen LogP contribution < -0.4 is 10.1 Å². The standard InChI is InChI=1S/C31H22F4N2O2S/c1-30(2,27-21-9-5-6-10-25(21)39-26-14-11-17(15-22(26)27)31(33,34)35)28(38)37-29-36-24(16-40-29)20-12-13-23(32)19-8-4-3-7-18(19)20/h3-16,27H,1-2H3,(H,36,37,38). The highest BCUT2D eigenvalue weighted by Crippen LogP contribution is 2.53. The number of benzene rings is 4. The Morgan fingerprint density at radius 2 is 1.60 bits per heavy atom. The van der Waals surface area contributed by atoms with Gasteiger partial charge in [0.25, 0.3) is 0 Å². The van der Waals surface area contributed by atoms with Gasteiger partial charge < -0.3 is 10.1 Å². The summed E-state index contributed by atoms with van der Waals surface area (Å²) in [7, 11) is 0. The van der Waals surface area contributed by atoms with E-state index in [9.17, 15) is 22.4 Å². The predicted molar refractivity (Wildman–Crippen MR) is 147 cm³/mol. The number of aromatic nitrogens is 1. The molecular formula is C31H22F4N2O2S. The van der Waals surface area contributed by atoms with Crippen molar-refractivity contribution in [2.24, 2.45) is 5.41 Å². The van der Waals surface area contributed by atoms with E-state index >= 15 is 0 Å². The first-order valence-corrected chi connectivity index (χ1v) is 13.3. The number of amides is 1. The monoisotopic (exact) mass is 562 g/mol. The second-order valence-corrected chi connectivity index (χ2v) is 11.0. The van der Waals surface area contributed by atoms with E-state index in [-0.39, 0.29) is 17.1 Å². The number of carbonyl (C=O) groups excluding carboxylic acids is 1. The first-order chi connectivity index (χ1) is 19.0. The third kappa shape index (κ3) is 4.40. The Kier molecular flexibility index (Phi) is 6.14. The quantitative estimate of drug-likeness (QED) is 0.222. The maximum atomic E-state index is 14.3. The highest BCUT2D eigenvalue weighted by molar-refractivity contribution is 7.14. The first-order valence-electron chi connectivity index (χ1n) is 12.5. The maximum Gasteiger partial charge on any atom is 0.416 e. The highest BCUT2D eigenvalue weighted by atomic mass is 32.1. The van der Waals surface area contributed by atoms with Crippen LogP contribution in [0, 0.1) is 11.2 Å². The molecule has 1 aromatic heterocycles. The predicted octanol–water partition coefficient (Wildman–Crippen LogP) is 9.02. The van der Waals surface area contributed by atoms with Gasteiger partial charge in [-0.1, -0.05) is 56.3 Å². The Morgan fingerprint density at radius 1 is 0.900 bits per heavy atom. The number of fused-ring (bicyclic) bond motifs is 3. The molecule has 0 saturated heterocycles. The van der Waals surface area contributed by atoms with E-state index in [2.05, 4.69) is 10.3 Å². The van der Waals surface area contributed by atoms with Gasteiger partial charge in [-0.3, -0.25) is 4.79 Å². The molecule has 202 valence electrons. The van der Waals surface area contributed by atoms with E-state index in [1.54, 1.807) is 61.7 Å². The van der Waals surface area contributed by atoms with Gasteiger partial charge in [0.15, 0.2) is 5.13 Å². The summed E-state index contributed by atoms with van der Waals surface area (Å²) in [6.45, 7) is 3.39. The summed E-state index contributed by atoms with van der Waals surface area (Å²) in [5.41, 5.74) is 0.184. The molecular weight excluding hydrogens is 540 g/mol. The molecule has 40 heavy (non-hydrogen) atoms. The largest absolute Gasteiger partial charge is 0.457 e. The summed E-state index contributed by atoms with van der Waals surface area (Å²) in [4.78, 5) is 18.4. The number of thiazole rings is 1. The summed E-state index contributed by atoms with van der Waals surface area (Å²) in [6.07, 6.45) is -4.55. The second-order valence-electron chi connectivity index (χ2n) is 10.2. The number of anilines is 1. The Labute approximate surface area is 231 Å². The van der Waals surface area contributed by atoms with Gasteiger partial charge in [-0.25, -0.2) is 9.37 Å². The Morgan fingerprint density at radius 3 is 2.38 bits per heavy atom. The molecule has 1 unspecified atom stereocenters. The van der Waals surface area contributed by atoms with Gasteiger partial charge >= 0.3 is 6.18 Å². The second kappa shape index (κ2) is 9.45. The fourth-order valence-electron chi connectivity index (χ4n) is 5.25. The van der Waals surface area contributed by atoms with Gasteiger partial charge in [-0.15, -0.1) is 11.3 Å². The average Bonchev–Trinajstić information content (AvgIpc) is 3.39. The van der Waals surface area contributed by atoms with Gasteiger partial charge in [-0.2, -0.15) is 13.2 Å². The molecule has 9 heteroatoms. The van der Waals surface area contributed by atoms with Crippen LogP contribution in [0.5, 0.6) is 11.5 Å². The fourth-order valence-corrected chi connectivity index (χ4v) is 5.95. The van der Waals surface area contributed by atoms with E-state index < -0.39 is 29.0 Å². The molecule has 1 aliphatic heterocycles. The van der Waals surface area contributed by atoms with E-state index in [4.69, 9.17) is 4.74 Å². The number of carbonyl (C=O) groups is 1. The van der Waals surface area contributed by atoms with E-state index in [0.29, 0.717) is 32.9 Å². The molecule has 0 radical (unpaired) electrons. The number of halogens is 4. The zero-order valence-electron chi connectivity index (χ0n) is 21.3. The van der Waals surface area contributed by atoms with Crippen molar-refractivity contribution in [1.82, 2.24) is 4.98 Å². The van der Waals surface area contributed by atoms with Crippen LogP contribution in [0.15, 0.2) is 84.2 Å². The van der Waals surface area contributed by atoms with Crippen LogP contribution in [0.1, 0.15) is 36.5 Å². The normalized spacial score (nSPS) is 14.8. The fraction of sp³-hybridized carbons (Fsp3) is 0.161. The van der Waals surface area contributed by atoms with Crippen LogP contribution in [0.25, 0.3) is 22.0 Å². The van der Waals surface area contributed by atoms with Crippen molar-refractivity contribution >= 4 is 33.1 Å². The summed E-state index contributed by atoms with van der Waals surface area (Å²) in [5.74, 6) is -0.717. The van der Waals surface area contributed by atoms with Crippen LogP contribution in [0.4, 0.5) is 22.7 Å². The molecule has 0 spiro atoms. The van der Waals surface area contributed by atoms with Crippen LogP contribution in [0.3, 0.4) is 0 Å². The molecule has 0 aliphatic carbocycles. The number of hydrogen-bond acceptors (Lipinski definition) is 4. The number of rotatable bonds is 4. The minimum Gasteiger partial charge on any atom is -0.457 e. The molecule has 1 N–H and O–H groups in total. The topological polar surface area (TPSA) is 51.2 Å². The number of nitrogens with one attached hydrogen (secondary N) is 1. The third-order valence-corrected chi connectivity index (χ3v) is 8.03. The van der Waals surface area contributed by atoms with Gasteiger partial charge in [0.1, 0.15) is 17.3 Å². The van der Waals surface area contributed by atoms with Crippen molar-refractivity contribution in [3.05, 3.63) is 107 Å². The molecule has 5 aromatic rings. The Bertz CT molecular complexity index is 1780. The van der Waals surface area contributed by atoms with Crippen LogP contribution >= 0.6 is 11.3 Å². The number of alkyl halides is 3. The van der Waals surface area contributed by atoms with E-state index in [1.165, 1.54) is 23.5 Å². The molecule has 6 rings (SSSR count). The molecule has 1 aliphatic rings. The van der Waals surface area contributed by atoms with Crippen molar-refractivity contribution in [3.63, 3.8) is 0 Å². The minimum absolute atomic E-state index is 0.275. The SMILES string of the molecule is CC(C)(C(=O)Nc1nc(-c2ccc(F)c3ccccc23)cs1)C1c2ccccc2Oc2ccc(C(F)(F)F)cc21. The molecule has 0 bridgehead atoms. The van der Waals surface area contributed by atoms with Crippen LogP contribution in [0.2, 0.25) is 0 Å². The van der Waals surface area contributed by atoms with E-state index in [0.717, 1.165) is 17.7 Å². The number of ether oxygens (including phenoxy) is 1.